The van der Waals surface area contributed by atoms with Gasteiger partial charge < -0.3 is 0 Å². The normalized spacial score (nSPS) is 12.1. The number of rotatable bonds is 6. The summed E-state index contributed by atoms with van der Waals surface area (Å²) in [7, 11) is 0. The van der Waals surface area contributed by atoms with Crippen molar-refractivity contribution in [2.45, 2.75) is 19.8 Å². The molecular weight excluding hydrogens is 574 g/mol. The maximum Gasteiger partial charge on any atom is 0.164 e. The van der Waals surface area contributed by atoms with Crippen LogP contribution in [0.1, 0.15) is 23.2 Å². The Morgan fingerprint density at radius 3 is 1.79 bits per heavy atom. The molecule has 0 N–H and O–H groups in total. The van der Waals surface area contributed by atoms with Gasteiger partial charge in [0.15, 0.2) is 23.3 Å². The van der Waals surface area contributed by atoms with Crippen LogP contribution in [0.2, 0.25) is 0 Å². The average Bonchev–Trinajstić information content (AvgIpc) is 3.15. The third kappa shape index (κ3) is 5.87. The first-order valence-electron chi connectivity index (χ1n) is 15.9. The molecule has 5 heteroatoms. The van der Waals surface area contributed by atoms with Gasteiger partial charge in [-0.25, -0.2) is 24.9 Å². The summed E-state index contributed by atoms with van der Waals surface area (Å²) in [6.45, 7) is 1.99. The minimum Gasteiger partial charge on any atom is -0.237 e. The highest BCUT2D eigenvalue weighted by molar-refractivity contribution is 5.85. The summed E-state index contributed by atoms with van der Waals surface area (Å²) in [6, 6.07) is 43.8. The van der Waals surface area contributed by atoms with Gasteiger partial charge in [-0.1, -0.05) is 109 Å². The summed E-state index contributed by atoms with van der Waals surface area (Å²) in [6.07, 6.45) is 8.45. The number of allylic oxidation sites excluding steroid dienone is 1. The van der Waals surface area contributed by atoms with Crippen molar-refractivity contribution < 1.29 is 0 Å². The van der Waals surface area contributed by atoms with Crippen LogP contribution in [0.3, 0.4) is 0 Å². The SMILES string of the molecule is Cc1ccnc(-c2cccc(-c3cc(-c4nc(-c5ccccc5)nc(-c5ccccc5)n4)cc(-c4cccc5c4C=CCC5)c3)c2)n1. The van der Waals surface area contributed by atoms with Gasteiger partial charge in [-0.15, -0.1) is 0 Å². The first kappa shape index (κ1) is 28.4. The Balaban J connectivity index is 1.35. The molecule has 5 nitrogen and oxygen atoms in total. The van der Waals surface area contributed by atoms with Gasteiger partial charge in [-0.2, -0.15) is 0 Å². The first-order chi connectivity index (χ1) is 23.2. The van der Waals surface area contributed by atoms with E-state index in [0.717, 1.165) is 57.5 Å². The van der Waals surface area contributed by atoms with Crippen molar-refractivity contribution in [3.05, 3.63) is 156 Å². The minimum absolute atomic E-state index is 0.624. The predicted octanol–water partition coefficient (Wildman–Crippen LogP) is 9.93. The van der Waals surface area contributed by atoms with Crippen molar-refractivity contribution >= 4 is 6.08 Å². The molecule has 0 saturated heterocycles. The Hall–Kier alpha value is -6.07. The van der Waals surface area contributed by atoms with E-state index in [1.807, 2.05) is 79.9 Å². The fourth-order valence-electron chi connectivity index (χ4n) is 6.16. The maximum absolute atomic E-state index is 5.08. The van der Waals surface area contributed by atoms with Gasteiger partial charge >= 0.3 is 0 Å². The molecule has 1 aliphatic carbocycles. The number of aryl methyl sites for hydroxylation is 2. The van der Waals surface area contributed by atoms with Crippen molar-refractivity contribution in [2.24, 2.45) is 0 Å². The summed E-state index contributed by atoms with van der Waals surface area (Å²) >= 11 is 0. The zero-order valence-corrected chi connectivity index (χ0v) is 26.0. The Morgan fingerprint density at radius 1 is 0.468 bits per heavy atom. The second-order valence-electron chi connectivity index (χ2n) is 11.8. The lowest BCUT2D eigenvalue weighted by Crippen LogP contribution is -2.01. The monoisotopic (exact) mass is 605 g/mol. The third-order valence-corrected chi connectivity index (χ3v) is 8.51. The standard InChI is InChI=1S/C42H31N5/c1-28-22-23-43-39(44-28)33-19-10-18-32(24-33)34-25-35(38-21-11-17-29-12-8-9-20-37(29)38)27-36(26-34)42-46-40(30-13-4-2-5-14-30)45-41(47-42)31-15-6-3-7-16-31/h2-7,9-11,13-27H,8,12H2,1H3. The lowest BCUT2D eigenvalue weighted by atomic mass is 9.88. The van der Waals surface area contributed by atoms with Crippen molar-refractivity contribution in [3.63, 3.8) is 0 Å². The van der Waals surface area contributed by atoms with Crippen molar-refractivity contribution in [1.82, 2.24) is 24.9 Å². The first-order valence-corrected chi connectivity index (χ1v) is 15.9. The van der Waals surface area contributed by atoms with Gasteiger partial charge in [0.05, 0.1) is 0 Å². The van der Waals surface area contributed by atoms with E-state index < -0.39 is 0 Å². The molecule has 0 saturated carbocycles. The Kier molecular flexibility index (Phi) is 7.48. The number of benzene rings is 5. The summed E-state index contributed by atoms with van der Waals surface area (Å²) in [5, 5.41) is 0. The van der Waals surface area contributed by atoms with E-state index in [4.69, 9.17) is 15.0 Å². The van der Waals surface area contributed by atoms with Gasteiger partial charge in [0, 0.05) is 34.1 Å². The van der Waals surface area contributed by atoms with Crippen LogP contribution in [-0.2, 0) is 6.42 Å². The summed E-state index contributed by atoms with van der Waals surface area (Å²) in [4.78, 5) is 24.3. The van der Waals surface area contributed by atoms with Crippen molar-refractivity contribution in [1.29, 1.82) is 0 Å². The van der Waals surface area contributed by atoms with E-state index in [9.17, 15) is 0 Å². The van der Waals surface area contributed by atoms with Gasteiger partial charge in [0.1, 0.15) is 0 Å². The molecule has 0 radical (unpaired) electrons. The van der Waals surface area contributed by atoms with Crippen LogP contribution in [0.5, 0.6) is 0 Å². The average molecular weight is 606 g/mol. The fourth-order valence-corrected chi connectivity index (χ4v) is 6.16. The number of hydrogen-bond acceptors (Lipinski definition) is 5. The summed E-state index contributed by atoms with van der Waals surface area (Å²) in [5.74, 6) is 2.61. The van der Waals surface area contributed by atoms with Crippen LogP contribution in [0.4, 0.5) is 0 Å². The van der Waals surface area contributed by atoms with Crippen LogP contribution < -0.4 is 0 Å². The maximum atomic E-state index is 5.08. The molecule has 0 amide bonds. The lowest BCUT2D eigenvalue weighted by Gasteiger charge is -2.17. The van der Waals surface area contributed by atoms with E-state index in [1.54, 1.807) is 0 Å². The fraction of sp³-hybridized carbons (Fsp3) is 0.0714. The second-order valence-corrected chi connectivity index (χ2v) is 11.8. The van der Waals surface area contributed by atoms with E-state index in [2.05, 4.69) is 82.8 Å². The quantitative estimate of drug-likeness (QED) is 0.189. The third-order valence-electron chi connectivity index (χ3n) is 8.51. The van der Waals surface area contributed by atoms with Crippen molar-refractivity contribution in [3.8, 4) is 67.8 Å². The number of hydrogen-bond donors (Lipinski definition) is 0. The zero-order chi connectivity index (χ0) is 31.6. The van der Waals surface area contributed by atoms with Crippen LogP contribution >= 0.6 is 0 Å². The number of aromatic nitrogens is 5. The molecule has 0 bridgehead atoms. The van der Waals surface area contributed by atoms with Crippen molar-refractivity contribution in [2.75, 3.05) is 0 Å². The largest absolute Gasteiger partial charge is 0.237 e. The van der Waals surface area contributed by atoms with Crippen LogP contribution in [-0.4, -0.2) is 24.9 Å². The predicted molar refractivity (Wildman–Crippen MR) is 190 cm³/mol. The molecule has 0 fully saturated rings. The second kappa shape index (κ2) is 12.4. The highest BCUT2D eigenvalue weighted by Crippen LogP contribution is 2.37. The molecular formula is C42H31N5. The molecule has 5 aromatic carbocycles. The number of fused-ring (bicyclic) bond motifs is 1. The van der Waals surface area contributed by atoms with Crippen LogP contribution in [0.15, 0.2) is 140 Å². The summed E-state index contributed by atoms with van der Waals surface area (Å²) in [5.41, 5.74) is 11.8. The molecule has 2 heterocycles. The highest BCUT2D eigenvalue weighted by Gasteiger charge is 2.17. The minimum atomic E-state index is 0.624. The summed E-state index contributed by atoms with van der Waals surface area (Å²) < 4.78 is 0. The molecule has 0 aliphatic heterocycles. The van der Waals surface area contributed by atoms with Gasteiger partial charge in [-0.05, 0) is 83.5 Å². The van der Waals surface area contributed by atoms with Crippen LogP contribution in [0, 0.1) is 6.92 Å². The Morgan fingerprint density at radius 2 is 1.06 bits per heavy atom. The molecule has 7 aromatic rings. The molecule has 1 aliphatic rings. The Labute approximate surface area is 274 Å². The molecule has 224 valence electrons. The molecule has 47 heavy (non-hydrogen) atoms. The van der Waals surface area contributed by atoms with Gasteiger partial charge in [0.25, 0.3) is 0 Å². The van der Waals surface area contributed by atoms with E-state index >= 15 is 0 Å². The molecule has 8 rings (SSSR count). The molecule has 0 atom stereocenters. The topological polar surface area (TPSA) is 64.5 Å². The Bertz CT molecular complexity index is 2200. The molecule has 0 spiro atoms. The smallest absolute Gasteiger partial charge is 0.164 e. The molecule has 0 unspecified atom stereocenters. The number of nitrogens with zero attached hydrogens (tertiary/aromatic N) is 5. The lowest BCUT2D eigenvalue weighted by molar-refractivity contribution is 0.986. The zero-order valence-electron chi connectivity index (χ0n) is 26.0. The highest BCUT2D eigenvalue weighted by atomic mass is 15.0. The van der Waals surface area contributed by atoms with Gasteiger partial charge in [-0.3, -0.25) is 0 Å². The van der Waals surface area contributed by atoms with Gasteiger partial charge in [0.2, 0.25) is 0 Å². The molecule has 2 aromatic heterocycles. The van der Waals surface area contributed by atoms with E-state index in [-0.39, 0.29) is 0 Å². The van der Waals surface area contributed by atoms with E-state index in [0.29, 0.717) is 23.3 Å². The van der Waals surface area contributed by atoms with E-state index in [1.165, 1.54) is 16.7 Å². The van der Waals surface area contributed by atoms with Crippen LogP contribution in [0.25, 0.3) is 73.9 Å².